The highest BCUT2D eigenvalue weighted by atomic mass is 16.5. The predicted octanol–water partition coefficient (Wildman–Crippen LogP) is 3.50. The van der Waals surface area contributed by atoms with Gasteiger partial charge in [0.15, 0.2) is 5.82 Å². The van der Waals surface area contributed by atoms with Crippen molar-refractivity contribution in [1.29, 1.82) is 0 Å². The lowest BCUT2D eigenvalue weighted by Gasteiger charge is -2.40. The van der Waals surface area contributed by atoms with Crippen molar-refractivity contribution in [3.8, 4) is 5.75 Å². The van der Waals surface area contributed by atoms with Crippen LogP contribution in [0, 0.1) is 6.92 Å². The minimum Gasteiger partial charge on any atom is -0.497 e. The van der Waals surface area contributed by atoms with E-state index in [4.69, 9.17) is 4.74 Å². The molecular formula is C27H33N7O2. The predicted molar refractivity (Wildman–Crippen MR) is 141 cm³/mol. The molecule has 4 aromatic rings. The molecule has 1 aliphatic rings. The van der Waals surface area contributed by atoms with Crippen LogP contribution < -0.4 is 15.2 Å². The molecule has 1 N–H and O–H groups in total. The number of hydrogen-bond acceptors (Lipinski definition) is 7. The van der Waals surface area contributed by atoms with Crippen LogP contribution in [0.2, 0.25) is 0 Å². The van der Waals surface area contributed by atoms with Gasteiger partial charge in [0, 0.05) is 42.9 Å². The number of anilines is 1. The third kappa shape index (κ3) is 4.58. The molecule has 1 atom stereocenters. The maximum absolute atomic E-state index is 13.4. The third-order valence-electron chi connectivity index (χ3n) is 6.81. The van der Waals surface area contributed by atoms with E-state index < -0.39 is 0 Å². The number of methoxy groups -OCH3 is 1. The molecule has 0 aliphatic carbocycles. The van der Waals surface area contributed by atoms with Gasteiger partial charge < -0.3 is 14.6 Å². The van der Waals surface area contributed by atoms with Crippen molar-refractivity contribution in [2.45, 2.75) is 39.3 Å². The molecule has 5 rings (SSSR count). The minimum atomic E-state index is -0.370. The Hall–Kier alpha value is -3.72. The van der Waals surface area contributed by atoms with Crippen molar-refractivity contribution in [2.75, 3.05) is 38.2 Å². The van der Waals surface area contributed by atoms with E-state index in [1.165, 1.54) is 0 Å². The Morgan fingerprint density at radius 2 is 1.72 bits per heavy atom. The molecule has 0 amide bonds. The largest absolute Gasteiger partial charge is 0.497 e. The van der Waals surface area contributed by atoms with Gasteiger partial charge in [0.25, 0.3) is 5.56 Å². The van der Waals surface area contributed by atoms with E-state index in [1.54, 1.807) is 7.11 Å². The van der Waals surface area contributed by atoms with Crippen LogP contribution in [0.5, 0.6) is 5.75 Å². The van der Waals surface area contributed by atoms with Crippen LogP contribution in [-0.4, -0.2) is 63.4 Å². The van der Waals surface area contributed by atoms with Gasteiger partial charge in [0.1, 0.15) is 11.8 Å². The molecule has 36 heavy (non-hydrogen) atoms. The molecule has 1 saturated heterocycles. The van der Waals surface area contributed by atoms with Crippen LogP contribution in [0.25, 0.3) is 10.9 Å². The lowest BCUT2D eigenvalue weighted by atomic mass is 10.0. The molecule has 9 nitrogen and oxygen atoms in total. The van der Waals surface area contributed by atoms with E-state index >= 15 is 0 Å². The first-order chi connectivity index (χ1) is 17.2. The first-order valence-corrected chi connectivity index (χ1v) is 12.3. The number of aromatic nitrogens is 5. The number of benzene rings is 2. The highest BCUT2D eigenvalue weighted by molar-refractivity contribution is 5.79. The lowest BCUT2D eigenvalue weighted by molar-refractivity contribution is 0.190. The fourth-order valence-electron chi connectivity index (χ4n) is 4.92. The fourth-order valence-corrected chi connectivity index (χ4v) is 4.92. The number of tetrazole rings is 1. The van der Waals surface area contributed by atoms with Crippen molar-refractivity contribution in [3.63, 3.8) is 0 Å². The molecule has 188 valence electrons. The first kappa shape index (κ1) is 24.0. The Kier molecular flexibility index (Phi) is 6.26. The Morgan fingerprint density at radius 3 is 2.39 bits per heavy atom. The monoisotopic (exact) mass is 487 g/mol. The van der Waals surface area contributed by atoms with Gasteiger partial charge in [-0.2, -0.15) is 0 Å². The summed E-state index contributed by atoms with van der Waals surface area (Å²) in [5.41, 5.74) is 3.34. The minimum absolute atomic E-state index is 0.114. The van der Waals surface area contributed by atoms with E-state index in [0.29, 0.717) is 11.4 Å². The zero-order valence-corrected chi connectivity index (χ0v) is 21.5. The van der Waals surface area contributed by atoms with Crippen molar-refractivity contribution < 1.29 is 4.74 Å². The summed E-state index contributed by atoms with van der Waals surface area (Å²) in [7, 11) is 1.68. The van der Waals surface area contributed by atoms with Gasteiger partial charge in [-0.15, -0.1) is 5.10 Å². The SMILES string of the molecule is COc1ccc(N2CCN([C@H](c3cc4cc(C)ccc4[nH]c3=O)c3nnnn3C(C)(C)C)CC2)cc1. The highest BCUT2D eigenvalue weighted by Crippen LogP contribution is 2.31. The standard InChI is InChI=1S/C27H33N7O2/c1-18-6-11-23-19(16-18)17-22(26(35)28-23)24(25-29-30-31-34(25)27(2,3)4)33-14-12-32(13-15-33)20-7-9-21(36-5)10-8-20/h6-11,16-17,24H,12-15H2,1-5H3,(H,28,35)/t24-/m1/s1. The molecule has 9 heteroatoms. The van der Waals surface area contributed by atoms with Gasteiger partial charge in [-0.1, -0.05) is 11.6 Å². The summed E-state index contributed by atoms with van der Waals surface area (Å²) in [4.78, 5) is 21.2. The third-order valence-corrected chi connectivity index (χ3v) is 6.81. The molecule has 3 heterocycles. The Morgan fingerprint density at radius 1 is 1.00 bits per heavy atom. The van der Waals surface area contributed by atoms with Crippen LogP contribution in [0.3, 0.4) is 0 Å². The van der Waals surface area contributed by atoms with E-state index in [2.05, 4.69) is 76.2 Å². The molecule has 2 aromatic carbocycles. The van der Waals surface area contributed by atoms with Crippen LogP contribution >= 0.6 is 0 Å². The number of piperazine rings is 1. The molecule has 0 spiro atoms. The maximum Gasteiger partial charge on any atom is 0.253 e. The topological polar surface area (TPSA) is 92.2 Å². The summed E-state index contributed by atoms with van der Waals surface area (Å²) in [6.45, 7) is 11.4. The number of nitrogens with one attached hydrogen (secondary N) is 1. The Labute approximate surface area is 210 Å². The smallest absolute Gasteiger partial charge is 0.253 e. The van der Waals surface area contributed by atoms with Gasteiger partial charge in [0.05, 0.1) is 12.6 Å². The maximum atomic E-state index is 13.4. The first-order valence-electron chi connectivity index (χ1n) is 12.3. The highest BCUT2D eigenvalue weighted by Gasteiger charge is 2.35. The van der Waals surface area contributed by atoms with Gasteiger partial charge in [-0.05, 0) is 86.0 Å². The van der Waals surface area contributed by atoms with Crippen molar-refractivity contribution in [1.82, 2.24) is 30.1 Å². The van der Waals surface area contributed by atoms with Crippen LogP contribution in [0.4, 0.5) is 5.69 Å². The summed E-state index contributed by atoms with van der Waals surface area (Å²) in [5.74, 6) is 1.52. The van der Waals surface area contributed by atoms with Crippen molar-refractivity contribution in [3.05, 3.63) is 75.8 Å². The van der Waals surface area contributed by atoms with Crippen LogP contribution in [-0.2, 0) is 5.54 Å². The molecule has 1 fully saturated rings. The molecule has 0 bridgehead atoms. The number of nitrogens with zero attached hydrogens (tertiary/aromatic N) is 6. The second-order valence-electron chi connectivity index (χ2n) is 10.4. The number of hydrogen-bond donors (Lipinski definition) is 1. The summed E-state index contributed by atoms with van der Waals surface area (Å²) < 4.78 is 7.14. The van der Waals surface area contributed by atoms with E-state index in [-0.39, 0.29) is 17.1 Å². The van der Waals surface area contributed by atoms with E-state index in [0.717, 1.165) is 54.1 Å². The zero-order chi connectivity index (χ0) is 25.4. The quantitative estimate of drug-likeness (QED) is 0.461. The Balaban J connectivity index is 1.53. The molecule has 0 radical (unpaired) electrons. The van der Waals surface area contributed by atoms with Crippen molar-refractivity contribution in [2.24, 2.45) is 0 Å². The Bertz CT molecular complexity index is 1410. The van der Waals surface area contributed by atoms with Gasteiger partial charge >= 0.3 is 0 Å². The number of H-pyrrole nitrogens is 1. The number of pyridine rings is 1. The summed E-state index contributed by atoms with van der Waals surface area (Å²) in [6.07, 6.45) is 0. The van der Waals surface area contributed by atoms with Gasteiger partial charge in [-0.3, -0.25) is 9.69 Å². The normalized spacial score (nSPS) is 15.9. The van der Waals surface area contributed by atoms with Gasteiger partial charge in [-0.25, -0.2) is 4.68 Å². The number of rotatable bonds is 5. The number of aryl methyl sites for hydroxylation is 1. The molecule has 0 unspecified atom stereocenters. The number of fused-ring (bicyclic) bond motifs is 1. The zero-order valence-electron chi connectivity index (χ0n) is 21.5. The molecule has 2 aromatic heterocycles. The molecule has 0 saturated carbocycles. The van der Waals surface area contributed by atoms with E-state index in [9.17, 15) is 4.79 Å². The molecule has 1 aliphatic heterocycles. The lowest BCUT2D eigenvalue weighted by Crippen LogP contribution is -2.49. The summed E-state index contributed by atoms with van der Waals surface area (Å²) in [5, 5.41) is 13.8. The average molecular weight is 488 g/mol. The number of aromatic amines is 1. The van der Waals surface area contributed by atoms with Gasteiger partial charge in [0.2, 0.25) is 0 Å². The average Bonchev–Trinajstić information content (AvgIpc) is 3.36. The van der Waals surface area contributed by atoms with E-state index in [1.807, 2.05) is 35.0 Å². The summed E-state index contributed by atoms with van der Waals surface area (Å²) >= 11 is 0. The van der Waals surface area contributed by atoms with Crippen molar-refractivity contribution >= 4 is 16.6 Å². The second-order valence-corrected chi connectivity index (χ2v) is 10.4. The molecular weight excluding hydrogens is 454 g/mol. The summed E-state index contributed by atoms with van der Waals surface area (Å²) in [6, 6.07) is 15.8. The fraction of sp³-hybridized carbons (Fsp3) is 0.407. The number of ether oxygens (including phenoxy) is 1. The van der Waals surface area contributed by atoms with Crippen LogP contribution in [0.1, 0.15) is 43.8 Å². The van der Waals surface area contributed by atoms with Crippen LogP contribution in [0.15, 0.2) is 53.3 Å². The second kappa shape index (κ2) is 9.39.